The van der Waals surface area contributed by atoms with Gasteiger partial charge < -0.3 is 35.8 Å². The van der Waals surface area contributed by atoms with Gasteiger partial charge in [0.2, 0.25) is 5.91 Å². The zero-order valence-corrected chi connectivity index (χ0v) is 21.8. The molecule has 2 amide bonds. The molecule has 1 heterocycles. The lowest BCUT2D eigenvalue weighted by atomic mass is 10.1. The minimum absolute atomic E-state index is 0.0599. The Morgan fingerprint density at radius 2 is 1.80 bits per heavy atom. The van der Waals surface area contributed by atoms with Gasteiger partial charge in [-0.25, -0.2) is 4.79 Å². The molecule has 4 rings (SSSR count). The largest absolute Gasteiger partial charge is 0.488 e. The van der Waals surface area contributed by atoms with Crippen LogP contribution in [0.15, 0.2) is 66.7 Å². The highest BCUT2D eigenvalue weighted by atomic mass is 16.5. The number of likely N-dealkylation sites (tertiary alicyclic amines) is 1. The van der Waals surface area contributed by atoms with Crippen molar-refractivity contribution in [3.05, 3.63) is 83.4 Å². The first kappa shape index (κ1) is 28.0. The number of aliphatic carboxylic acids is 1. The smallest absolute Gasteiger partial charge is 0.341 e. The van der Waals surface area contributed by atoms with Crippen molar-refractivity contribution in [1.82, 2.24) is 4.90 Å². The van der Waals surface area contributed by atoms with E-state index in [9.17, 15) is 19.5 Å². The number of nitrogen functional groups attached to an aromatic ring is 1. The number of carbonyl (C=O) groups excluding carboxylic acids is 2. The Hall–Kier alpha value is -5.06. The van der Waals surface area contributed by atoms with Gasteiger partial charge in [-0.3, -0.25) is 15.0 Å². The molecule has 11 nitrogen and oxygen atoms in total. The van der Waals surface area contributed by atoms with Gasteiger partial charge >= 0.3 is 5.97 Å². The lowest BCUT2D eigenvalue weighted by molar-refractivity contribution is -0.139. The van der Waals surface area contributed by atoms with Crippen molar-refractivity contribution in [3.8, 4) is 11.5 Å². The van der Waals surface area contributed by atoms with E-state index in [1.54, 1.807) is 71.6 Å². The molecule has 3 aromatic carbocycles. The van der Waals surface area contributed by atoms with Crippen molar-refractivity contribution in [3.63, 3.8) is 0 Å². The van der Waals surface area contributed by atoms with E-state index in [0.29, 0.717) is 53.3 Å². The second-order valence-electron chi connectivity index (χ2n) is 9.10. The topological polar surface area (TPSA) is 167 Å². The predicted molar refractivity (Wildman–Crippen MR) is 150 cm³/mol. The van der Waals surface area contributed by atoms with E-state index in [-0.39, 0.29) is 36.6 Å². The summed E-state index contributed by atoms with van der Waals surface area (Å²) in [7, 11) is 0. The van der Waals surface area contributed by atoms with Crippen LogP contribution in [-0.2, 0) is 16.1 Å². The second kappa shape index (κ2) is 13.1. The van der Waals surface area contributed by atoms with E-state index in [1.165, 1.54) is 0 Å². The van der Waals surface area contributed by atoms with Crippen LogP contribution in [0.1, 0.15) is 34.3 Å². The first-order valence-electron chi connectivity index (χ1n) is 12.8. The first-order chi connectivity index (χ1) is 19.3. The first-order valence-corrected chi connectivity index (χ1v) is 12.8. The maximum Gasteiger partial charge on any atom is 0.341 e. The summed E-state index contributed by atoms with van der Waals surface area (Å²) in [5, 5.41) is 22.8. The zero-order valence-electron chi connectivity index (χ0n) is 21.8. The number of rotatable bonds is 13. The number of amides is 2. The average Bonchev–Trinajstić information content (AvgIpc) is 3.35. The average molecular weight is 546 g/mol. The third kappa shape index (κ3) is 7.28. The van der Waals surface area contributed by atoms with E-state index in [4.69, 9.17) is 20.6 Å². The number of para-hydroxylation sites is 2. The number of nitrogens with one attached hydrogen (secondary N) is 3. The van der Waals surface area contributed by atoms with Crippen LogP contribution in [0.4, 0.5) is 11.4 Å². The molecule has 6 N–H and O–H groups in total. The number of hydrogen-bond acceptors (Lipinski definition) is 7. The number of carboxylic acid groups (broad SMARTS) is 1. The number of ether oxygens (including phenoxy) is 2. The summed E-state index contributed by atoms with van der Waals surface area (Å²) in [6.45, 7) is 1.03. The lowest BCUT2D eigenvalue weighted by Crippen LogP contribution is -2.29. The van der Waals surface area contributed by atoms with Crippen molar-refractivity contribution in [2.75, 3.05) is 36.9 Å². The molecule has 0 atom stereocenters. The van der Waals surface area contributed by atoms with Crippen LogP contribution in [0, 0.1) is 5.41 Å². The molecule has 0 aliphatic carbocycles. The van der Waals surface area contributed by atoms with Gasteiger partial charge in [-0.2, -0.15) is 0 Å². The highest BCUT2D eigenvalue weighted by Gasteiger charge is 2.20. The van der Waals surface area contributed by atoms with E-state index >= 15 is 0 Å². The monoisotopic (exact) mass is 545 g/mol. The Bertz CT molecular complexity index is 1390. The van der Waals surface area contributed by atoms with Crippen LogP contribution in [0.3, 0.4) is 0 Å². The maximum absolute atomic E-state index is 13.1. The second-order valence-corrected chi connectivity index (χ2v) is 9.10. The van der Waals surface area contributed by atoms with Crippen LogP contribution in [0.25, 0.3) is 0 Å². The summed E-state index contributed by atoms with van der Waals surface area (Å²) in [6, 6.07) is 18.9. The summed E-state index contributed by atoms with van der Waals surface area (Å²) in [5.74, 6) is -0.788. The number of anilines is 2. The van der Waals surface area contributed by atoms with Gasteiger partial charge in [0, 0.05) is 42.0 Å². The summed E-state index contributed by atoms with van der Waals surface area (Å²) < 4.78 is 11.5. The minimum atomic E-state index is -1.13. The molecule has 0 spiro atoms. The maximum atomic E-state index is 13.1. The molecule has 1 aliphatic heterocycles. The van der Waals surface area contributed by atoms with Crippen molar-refractivity contribution in [1.29, 1.82) is 5.41 Å². The molecular formula is C29H31N5O6. The number of carboxylic acids is 1. The van der Waals surface area contributed by atoms with Crippen molar-refractivity contribution < 1.29 is 29.0 Å². The number of benzene rings is 3. The Labute approximate surface area is 231 Å². The van der Waals surface area contributed by atoms with Crippen LogP contribution in [0.5, 0.6) is 11.5 Å². The van der Waals surface area contributed by atoms with Crippen molar-refractivity contribution in [2.24, 2.45) is 5.73 Å². The SMILES string of the molecule is N=C(N)c1ccc(NC(=O)c2ccccc2NCc2cccc(OCCN3CCCC3=O)c2OCC(=O)O)cc1. The lowest BCUT2D eigenvalue weighted by Gasteiger charge is -2.19. The van der Waals surface area contributed by atoms with Crippen LogP contribution < -0.4 is 25.8 Å². The number of nitrogens with zero attached hydrogens (tertiary/aromatic N) is 1. The number of hydrogen-bond donors (Lipinski definition) is 5. The standard InChI is InChI=1S/C29H31N5O6/c30-28(31)19-10-12-21(13-11-19)33-29(38)22-6-1-2-7-23(22)32-17-20-5-3-8-24(27(20)40-18-26(36)37)39-16-15-34-14-4-9-25(34)35/h1-3,5-8,10-13,32H,4,9,14-18H2,(H3,30,31)(H,33,38)(H,36,37). The van der Waals surface area contributed by atoms with Crippen molar-refractivity contribution in [2.45, 2.75) is 19.4 Å². The molecule has 208 valence electrons. The van der Waals surface area contributed by atoms with Gasteiger partial charge in [-0.05, 0) is 48.9 Å². The molecule has 3 aromatic rings. The summed E-state index contributed by atoms with van der Waals surface area (Å²) in [6.07, 6.45) is 1.37. The molecule has 1 saturated heterocycles. The summed E-state index contributed by atoms with van der Waals surface area (Å²) >= 11 is 0. The molecule has 0 radical (unpaired) electrons. The minimum Gasteiger partial charge on any atom is -0.488 e. The quantitative estimate of drug-likeness (QED) is 0.161. The third-order valence-electron chi connectivity index (χ3n) is 6.29. The van der Waals surface area contributed by atoms with Gasteiger partial charge in [-0.15, -0.1) is 0 Å². The van der Waals surface area contributed by atoms with Gasteiger partial charge in [-0.1, -0.05) is 24.3 Å². The molecule has 11 heteroatoms. The Morgan fingerprint density at radius 3 is 2.50 bits per heavy atom. The summed E-state index contributed by atoms with van der Waals surface area (Å²) in [4.78, 5) is 37.9. The molecule has 1 fully saturated rings. The number of amidine groups is 1. The normalized spacial score (nSPS) is 12.6. The Balaban J connectivity index is 1.47. The zero-order chi connectivity index (χ0) is 28.5. The fourth-order valence-electron chi connectivity index (χ4n) is 4.28. The number of carbonyl (C=O) groups is 3. The molecule has 1 aliphatic rings. The van der Waals surface area contributed by atoms with E-state index in [2.05, 4.69) is 10.6 Å². The fourth-order valence-corrected chi connectivity index (χ4v) is 4.28. The van der Waals surface area contributed by atoms with Crippen LogP contribution in [-0.4, -0.2) is 59.9 Å². The molecule has 40 heavy (non-hydrogen) atoms. The highest BCUT2D eigenvalue weighted by molar-refractivity contribution is 6.08. The molecular weight excluding hydrogens is 514 g/mol. The van der Waals surface area contributed by atoms with Crippen LogP contribution >= 0.6 is 0 Å². The van der Waals surface area contributed by atoms with E-state index in [0.717, 1.165) is 6.42 Å². The third-order valence-corrected chi connectivity index (χ3v) is 6.29. The predicted octanol–water partition coefficient (Wildman–Crippen LogP) is 3.30. The van der Waals surface area contributed by atoms with Gasteiger partial charge in [0.15, 0.2) is 18.1 Å². The van der Waals surface area contributed by atoms with Gasteiger partial charge in [0.05, 0.1) is 12.1 Å². The van der Waals surface area contributed by atoms with Crippen molar-refractivity contribution >= 4 is 35.0 Å². The summed E-state index contributed by atoms with van der Waals surface area (Å²) in [5.41, 5.74) is 8.18. The molecule has 0 unspecified atom stereocenters. The molecule has 0 aromatic heterocycles. The number of nitrogens with two attached hydrogens (primary N) is 1. The molecule has 0 saturated carbocycles. The Kier molecular flexibility index (Phi) is 9.19. The van der Waals surface area contributed by atoms with Crippen LogP contribution in [0.2, 0.25) is 0 Å². The van der Waals surface area contributed by atoms with E-state index in [1.807, 2.05) is 0 Å². The Morgan fingerprint density at radius 1 is 1.02 bits per heavy atom. The van der Waals surface area contributed by atoms with Gasteiger partial charge in [0.25, 0.3) is 5.91 Å². The highest BCUT2D eigenvalue weighted by Crippen LogP contribution is 2.32. The van der Waals surface area contributed by atoms with Gasteiger partial charge in [0.1, 0.15) is 12.4 Å². The molecule has 0 bridgehead atoms. The fraction of sp³-hybridized carbons (Fsp3) is 0.241. The van der Waals surface area contributed by atoms with E-state index < -0.39 is 12.6 Å².